The number of nitrogens with one attached hydrogen (secondary N) is 2. The molecular formula is C52H81N3O10Si2. The minimum atomic E-state index is -2.51. The fourth-order valence-corrected chi connectivity index (χ4v) is 15.5. The predicted octanol–water partition coefficient (Wildman–Crippen LogP) is 11.0. The molecule has 2 aromatic carbocycles. The number of rotatable bonds is 23. The fraction of sp³-hybridized carbons (Fsp3) is 0.635. The van der Waals surface area contributed by atoms with Gasteiger partial charge in [0.05, 0.1) is 49.4 Å². The van der Waals surface area contributed by atoms with Gasteiger partial charge in [0.2, 0.25) is 5.91 Å². The van der Waals surface area contributed by atoms with E-state index in [1.54, 1.807) is 50.4 Å². The number of amides is 3. The van der Waals surface area contributed by atoms with Crippen LogP contribution in [0.4, 0.5) is 10.5 Å². The summed E-state index contributed by atoms with van der Waals surface area (Å²) in [6, 6.07) is 9.64. The van der Waals surface area contributed by atoms with Gasteiger partial charge in [-0.2, -0.15) is 0 Å². The highest BCUT2D eigenvalue weighted by atomic mass is 28.4. The number of anilines is 1. The third-order valence-electron chi connectivity index (χ3n) is 14.5. The Morgan fingerprint density at radius 1 is 0.881 bits per heavy atom. The number of ketones is 1. The molecule has 2 aliphatic rings. The lowest BCUT2D eigenvalue weighted by molar-refractivity contribution is -0.146. The second-order valence-corrected chi connectivity index (χ2v) is 31.9. The van der Waals surface area contributed by atoms with E-state index in [0.717, 1.165) is 19.3 Å². The third kappa shape index (κ3) is 13.8. The van der Waals surface area contributed by atoms with Crippen LogP contribution < -0.4 is 19.8 Å². The molecule has 1 aliphatic heterocycles. The van der Waals surface area contributed by atoms with Crippen molar-refractivity contribution in [2.45, 2.75) is 169 Å². The molecule has 1 heterocycles. The molecule has 15 heteroatoms. The first kappa shape index (κ1) is 55.1. The van der Waals surface area contributed by atoms with Crippen molar-refractivity contribution in [2.24, 2.45) is 17.3 Å². The van der Waals surface area contributed by atoms with Gasteiger partial charge in [0.25, 0.3) is 14.2 Å². The molecule has 2 aromatic rings. The van der Waals surface area contributed by atoms with Gasteiger partial charge in [0, 0.05) is 19.0 Å². The van der Waals surface area contributed by atoms with Gasteiger partial charge in [-0.1, -0.05) is 113 Å². The summed E-state index contributed by atoms with van der Waals surface area (Å²) in [4.78, 5) is 69.1. The van der Waals surface area contributed by atoms with Crippen molar-refractivity contribution >= 4 is 52.0 Å². The molecule has 1 saturated heterocycles. The number of carbonyl (C=O) groups is 5. The Hall–Kier alpha value is -4.48. The fourth-order valence-electron chi connectivity index (χ4n) is 9.21. The maximum atomic E-state index is 14.9. The number of benzene rings is 2. The monoisotopic (exact) mass is 964 g/mol. The van der Waals surface area contributed by atoms with Crippen LogP contribution in [0.3, 0.4) is 0 Å². The average Bonchev–Trinajstić information content (AvgIpc) is 3.91. The molecule has 2 fully saturated rings. The van der Waals surface area contributed by atoms with Crippen molar-refractivity contribution in [1.29, 1.82) is 0 Å². The summed E-state index contributed by atoms with van der Waals surface area (Å²) in [6.45, 7) is 34.2. The standard InChI is InChI=1S/C52H81N3O10Si2/c1-17-24-62-47(57)27-41(33(2)3)48(58)53-37(10)44(56)25-38-18-20-39(21-19-38)30-63-50(60)54-43-28-46(65-67(34(4)5,35(6)7)36(8)9)45(61-14)26-42(43)49(59)55-32-52(22-23-52)29-40(55)31-64-66(15,16)51(11,12)13/h17-21,26,28,33-37,40-41H,1,22-25,27,29-32H2,2-16H3,(H,53,58)(H,54,60)/t37-,40-,41-/m0/s1. The molecule has 0 bridgehead atoms. The Balaban J connectivity index is 1.54. The third-order valence-corrected chi connectivity index (χ3v) is 25.0. The lowest BCUT2D eigenvalue weighted by Gasteiger charge is -2.42. The summed E-state index contributed by atoms with van der Waals surface area (Å²) in [5.41, 5.74) is 2.81. The Bertz CT molecular complexity index is 2050. The second kappa shape index (κ2) is 22.8. The van der Waals surface area contributed by atoms with Crippen LogP contribution in [-0.2, 0) is 41.3 Å². The quantitative estimate of drug-likeness (QED) is 0.0624. The zero-order valence-electron chi connectivity index (χ0n) is 43.2. The van der Waals surface area contributed by atoms with Crippen molar-refractivity contribution in [3.05, 3.63) is 65.7 Å². The van der Waals surface area contributed by atoms with Crippen LogP contribution in [0.5, 0.6) is 11.5 Å². The van der Waals surface area contributed by atoms with Gasteiger partial charge in [0.1, 0.15) is 19.0 Å². The average molecular weight is 964 g/mol. The Morgan fingerprint density at radius 2 is 1.48 bits per heavy atom. The van der Waals surface area contributed by atoms with E-state index >= 15 is 0 Å². The summed E-state index contributed by atoms with van der Waals surface area (Å²) in [7, 11) is -3.05. The van der Waals surface area contributed by atoms with Crippen molar-refractivity contribution in [2.75, 3.05) is 32.2 Å². The van der Waals surface area contributed by atoms with E-state index in [0.29, 0.717) is 35.8 Å². The zero-order valence-corrected chi connectivity index (χ0v) is 45.2. The van der Waals surface area contributed by atoms with Crippen LogP contribution in [0.2, 0.25) is 34.8 Å². The van der Waals surface area contributed by atoms with Gasteiger partial charge in [0.15, 0.2) is 19.9 Å². The summed E-state index contributed by atoms with van der Waals surface area (Å²) in [6.07, 6.45) is 3.69. The van der Waals surface area contributed by atoms with Gasteiger partial charge in [-0.05, 0) is 89.5 Å². The van der Waals surface area contributed by atoms with Crippen molar-refractivity contribution < 1.29 is 47.0 Å². The van der Waals surface area contributed by atoms with Gasteiger partial charge < -0.3 is 33.3 Å². The van der Waals surface area contributed by atoms with Crippen molar-refractivity contribution in [1.82, 2.24) is 10.2 Å². The van der Waals surface area contributed by atoms with Crippen LogP contribution in [0.15, 0.2) is 49.1 Å². The van der Waals surface area contributed by atoms with Crippen molar-refractivity contribution in [3.63, 3.8) is 0 Å². The zero-order chi connectivity index (χ0) is 50.2. The Kier molecular flexibility index (Phi) is 18.7. The minimum absolute atomic E-state index is 0.0174. The predicted molar refractivity (Wildman–Crippen MR) is 270 cm³/mol. The molecule has 0 radical (unpaired) electrons. The van der Waals surface area contributed by atoms with E-state index in [1.165, 1.54) is 6.08 Å². The van der Waals surface area contributed by atoms with Crippen LogP contribution >= 0.6 is 0 Å². The maximum absolute atomic E-state index is 14.9. The molecule has 2 N–H and O–H groups in total. The Morgan fingerprint density at radius 3 is 2.00 bits per heavy atom. The van der Waals surface area contributed by atoms with E-state index in [9.17, 15) is 24.0 Å². The number of hydrogen-bond donors (Lipinski definition) is 2. The van der Waals surface area contributed by atoms with Gasteiger partial charge in [-0.15, -0.1) is 0 Å². The molecule has 13 nitrogen and oxygen atoms in total. The lowest BCUT2D eigenvalue weighted by Crippen LogP contribution is -2.50. The first-order chi connectivity index (χ1) is 31.2. The largest absolute Gasteiger partial charge is 0.540 e. The van der Waals surface area contributed by atoms with Gasteiger partial charge >= 0.3 is 12.1 Å². The molecule has 3 atom stereocenters. The molecule has 67 heavy (non-hydrogen) atoms. The van der Waals surface area contributed by atoms with E-state index in [2.05, 4.69) is 92.6 Å². The van der Waals surface area contributed by atoms with E-state index in [4.69, 9.17) is 23.1 Å². The molecule has 372 valence electrons. The number of Topliss-reactive ketones (excluding diaryl/α,β-unsaturated/α-hetero) is 1. The summed E-state index contributed by atoms with van der Waals surface area (Å²) in [5, 5.41) is 5.70. The van der Waals surface area contributed by atoms with Crippen molar-refractivity contribution in [3.8, 4) is 11.5 Å². The first-order valence-electron chi connectivity index (χ1n) is 24.2. The molecule has 1 aliphatic carbocycles. The van der Waals surface area contributed by atoms with Gasteiger partial charge in [-0.3, -0.25) is 24.5 Å². The van der Waals surface area contributed by atoms with Gasteiger partial charge in [-0.25, -0.2) is 4.79 Å². The topological polar surface area (TPSA) is 159 Å². The number of methoxy groups -OCH3 is 1. The molecule has 0 unspecified atom stereocenters. The second-order valence-electron chi connectivity index (χ2n) is 21.7. The SMILES string of the molecule is C=CCOC(=O)C[C@H](C(=O)N[C@@H](C)C(=O)Cc1ccc(COC(=O)Nc2cc(O[Si](C(C)C)(C(C)C)C(C)C)c(OC)cc2C(=O)N2CC3(CC3)C[C@H]2CO[Si](C)(C)C(C)(C)C)cc1)C(C)C. The van der Waals surface area contributed by atoms with E-state index in [1.807, 2.05) is 18.7 Å². The smallest absolute Gasteiger partial charge is 0.411 e. The number of hydrogen-bond acceptors (Lipinski definition) is 10. The number of likely N-dealkylation sites (tertiary alicyclic amines) is 1. The summed E-state index contributed by atoms with van der Waals surface area (Å²) in [5.74, 6) is -1.21. The highest BCUT2D eigenvalue weighted by Gasteiger charge is 2.54. The lowest BCUT2D eigenvalue weighted by atomic mass is 9.91. The summed E-state index contributed by atoms with van der Waals surface area (Å²) < 4.78 is 30.7. The molecule has 3 amide bonds. The number of esters is 1. The van der Waals surface area contributed by atoms with Crippen LogP contribution in [0.1, 0.15) is 130 Å². The normalized spacial score (nSPS) is 16.8. The highest BCUT2D eigenvalue weighted by Crippen LogP contribution is 2.56. The first-order valence-corrected chi connectivity index (χ1v) is 29.2. The molecular weight excluding hydrogens is 883 g/mol. The Labute approximate surface area is 403 Å². The minimum Gasteiger partial charge on any atom is -0.540 e. The van der Waals surface area contributed by atoms with E-state index in [-0.39, 0.29) is 93.9 Å². The maximum Gasteiger partial charge on any atom is 0.411 e. The summed E-state index contributed by atoms with van der Waals surface area (Å²) >= 11 is 0. The van der Waals surface area contributed by atoms with Crippen LogP contribution in [-0.4, -0.2) is 90.1 Å². The molecule has 0 aromatic heterocycles. The molecule has 1 spiro atoms. The number of ether oxygens (including phenoxy) is 3. The number of nitrogens with zero attached hydrogens (tertiary/aromatic N) is 1. The van der Waals surface area contributed by atoms with Crippen LogP contribution in [0.25, 0.3) is 0 Å². The number of carbonyl (C=O) groups excluding carboxylic acids is 5. The molecule has 1 saturated carbocycles. The molecule has 4 rings (SSSR count). The highest BCUT2D eigenvalue weighted by molar-refractivity contribution is 6.78. The van der Waals surface area contributed by atoms with E-state index < -0.39 is 40.7 Å². The van der Waals surface area contributed by atoms with Crippen LogP contribution in [0, 0.1) is 17.3 Å².